The molecule has 8 atom stereocenters. The standard InChI is InChI=1S/C49H69N15O9/c1-3-4-14-34(58-28(2)65)43(68)60-36-17-18-41(66)54-21-19-37(46(71)62-38(42(50)67)23-30-25-56-33-15-9-8-13-32(30)33)61-44(69)35(16-10-20-55-49(51)52)59-47(72)39(22-29-11-6-5-7-12-29)63-48(73)40(64-45(36)70)24-31-26-53-27-57-31/h5-9,11-13,15,25-27,34-40,44,56,61,69H,3-4,10,14,16-24H2,1-2H3,(H2,50,67)(H,53,57)(H,54,66)(H,58,65)(H,59,72)(H,60,68)(H,62,71)(H,63,73)(H,64,70)(H4,51,52,55)/t34-,35-,36-,37-,38+,39+,40-,44?/m0/s1. The number of para-hydroxylation sites is 1. The first-order valence-corrected chi connectivity index (χ1v) is 24.4. The lowest BCUT2D eigenvalue weighted by Gasteiger charge is -2.31. The Bertz CT molecular complexity index is 2500. The number of nitrogens with two attached hydrogens (primary N) is 2. The largest absolute Gasteiger partial charge is 0.376 e. The smallest absolute Gasteiger partial charge is 0.243 e. The molecule has 24 heteroatoms. The maximum absolute atomic E-state index is 14.6. The number of amides is 8. The lowest BCUT2D eigenvalue weighted by molar-refractivity contribution is -0.135. The van der Waals surface area contributed by atoms with E-state index in [0.29, 0.717) is 29.7 Å². The van der Waals surface area contributed by atoms with Crippen molar-refractivity contribution in [2.24, 2.45) is 11.5 Å². The van der Waals surface area contributed by atoms with Crippen molar-refractivity contribution in [3.05, 3.63) is 90.1 Å². The van der Waals surface area contributed by atoms with Gasteiger partial charge in [-0.2, -0.15) is 0 Å². The lowest BCUT2D eigenvalue weighted by atomic mass is 10.0. The Morgan fingerprint density at radius 2 is 1.58 bits per heavy atom. The van der Waals surface area contributed by atoms with Gasteiger partial charge in [0.05, 0.1) is 24.1 Å². The van der Waals surface area contributed by atoms with Crippen molar-refractivity contribution in [3.8, 4) is 0 Å². The zero-order valence-corrected chi connectivity index (χ0v) is 41.1. The molecule has 0 aliphatic carbocycles. The number of H-pyrrole nitrogens is 2. The number of aliphatic hydroxyl groups excluding tert-OH is 1. The Morgan fingerprint density at radius 3 is 2.27 bits per heavy atom. The highest BCUT2D eigenvalue weighted by molar-refractivity contribution is 5.96. The number of imidazole rings is 1. The number of nitrogens with zero attached hydrogens (tertiary/aromatic N) is 1. The Kier molecular flexibility index (Phi) is 21.7. The van der Waals surface area contributed by atoms with E-state index in [1.54, 1.807) is 36.5 Å². The van der Waals surface area contributed by atoms with E-state index in [0.717, 1.165) is 10.9 Å². The van der Waals surface area contributed by atoms with Gasteiger partial charge in [0.2, 0.25) is 47.3 Å². The molecular weight excluding hydrogens is 943 g/mol. The Labute approximate surface area is 422 Å². The number of aromatic nitrogens is 3. The first-order chi connectivity index (χ1) is 35.0. The Hall–Kier alpha value is -7.86. The number of carbonyl (C=O) groups excluding carboxylic acids is 8. The van der Waals surface area contributed by atoms with Crippen LogP contribution in [0, 0.1) is 5.41 Å². The van der Waals surface area contributed by atoms with E-state index in [2.05, 4.69) is 62.8 Å². The van der Waals surface area contributed by atoms with E-state index < -0.39 is 95.8 Å². The first-order valence-electron chi connectivity index (χ1n) is 24.4. The molecule has 2 aromatic carbocycles. The zero-order valence-electron chi connectivity index (χ0n) is 41.1. The summed E-state index contributed by atoms with van der Waals surface area (Å²) in [6.07, 6.45) is 3.67. The highest BCUT2D eigenvalue weighted by atomic mass is 16.3. The predicted octanol–water partition coefficient (Wildman–Crippen LogP) is -1.64. The molecular formula is C49H69N15O9. The van der Waals surface area contributed by atoms with E-state index in [1.807, 2.05) is 31.2 Å². The molecule has 1 aliphatic heterocycles. The van der Waals surface area contributed by atoms with Crippen LogP contribution in [0.1, 0.15) is 82.0 Å². The number of rotatable bonds is 19. The van der Waals surface area contributed by atoms with Gasteiger partial charge in [-0.25, -0.2) is 4.98 Å². The number of hydrogen-bond acceptors (Lipinski definition) is 12. The van der Waals surface area contributed by atoms with Crippen molar-refractivity contribution in [1.29, 1.82) is 5.41 Å². The highest BCUT2D eigenvalue weighted by Crippen LogP contribution is 2.19. The second-order valence-corrected chi connectivity index (χ2v) is 18.0. The number of nitrogens with one attached hydrogen (secondary N) is 12. The molecule has 1 saturated heterocycles. The van der Waals surface area contributed by atoms with Crippen LogP contribution in [0.5, 0.6) is 0 Å². The fourth-order valence-electron chi connectivity index (χ4n) is 8.37. The number of unbranched alkanes of at least 4 members (excludes halogenated alkanes) is 1. The minimum Gasteiger partial charge on any atom is -0.376 e. The SMILES string of the molecule is CCCC[C@H](NC(C)=O)C(=O)N[C@H]1CCC(=O)NCC[C@@H](C(=O)N[C@H](Cc2c[nH]c3ccccc23)C(N)=O)NC(O)[C@H](CCCNC(=N)N)NC(=O)[C@@H](Cc2ccccc2)NC(=O)[C@H](Cc2c[nH]cn2)NC1=O. The van der Waals surface area contributed by atoms with Crippen LogP contribution < -0.4 is 59.3 Å². The fourth-order valence-corrected chi connectivity index (χ4v) is 8.37. The molecule has 1 fully saturated rings. The number of primary amides is 1. The van der Waals surface area contributed by atoms with Crippen molar-refractivity contribution in [2.75, 3.05) is 13.1 Å². The summed E-state index contributed by atoms with van der Waals surface area (Å²) >= 11 is 0. The maximum Gasteiger partial charge on any atom is 0.243 e. The maximum atomic E-state index is 14.6. The molecule has 0 spiro atoms. The summed E-state index contributed by atoms with van der Waals surface area (Å²) in [5, 5.41) is 44.9. The number of carbonyl (C=O) groups is 8. The molecule has 1 unspecified atom stereocenters. The molecule has 4 aromatic rings. The Morgan fingerprint density at radius 1 is 0.863 bits per heavy atom. The van der Waals surface area contributed by atoms with Crippen molar-refractivity contribution in [1.82, 2.24) is 62.8 Å². The van der Waals surface area contributed by atoms with Crippen LogP contribution in [0.4, 0.5) is 0 Å². The number of benzene rings is 2. The molecule has 1 aliphatic rings. The molecule has 17 N–H and O–H groups in total. The van der Waals surface area contributed by atoms with E-state index in [1.165, 1.54) is 19.4 Å². The van der Waals surface area contributed by atoms with Crippen LogP contribution in [0.2, 0.25) is 0 Å². The van der Waals surface area contributed by atoms with E-state index in [4.69, 9.17) is 16.9 Å². The van der Waals surface area contributed by atoms with Crippen LogP contribution >= 0.6 is 0 Å². The van der Waals surface area contributed by atoms with Gasteiger partial charge in [0, 0.05) is 69.0 Å². The molecule has 5 rings (SSSR count). The monoisotopic (exact) mass is 1010 g/mol. The minimum absolute atomic E-state index is 0.00541. The van der Waals surface area contributed by atoms with Gasteiger partial charge in [0.1, 0.15) is 36.4 Å². The average Bonchev–Trinajstić information content (AvgIpc) is 4.03. The first kappa shape index (κ1) is 56.1. The summed E-state index contributed by atoms with van der Waals surface area (Å²) in [4.78, 5) is 120. The second-order valence-electron chi connectivity index (χ2n) is 18.0. The van der Waals surface area contributed by atoms with Gasteiger partial charge in [-0.3, -0.25) is 49.1 Å². The van der Waals surface area contributed by atoms with Gasteiger partial charge in [-0.05, 0) is 49.3 Å². The van der Waals surface area contributed by atoms with Crippen LogP contribution in [-0.2, 0) is 57.6 Å². The lowest BCUT2D eigenvalue weighted by Crippen LogP contribution is -2.61. The highest BCUT2D eigenvalue weighted by Gasteiger charge is 2.35. The van der Waals surface area contributed by atoms with Gasteiger partial charge in [0.15, 0.2) is 5.96 Å². The topological polar surface area (TPSA) is 385 Å². The summed E-state index contributed by atoms with van der Waals surface area (Å²) in [5.74, 6) is -6.13. The van der Waals surface area contributed by atoms with Crippen molar-refractivity contribution in [3.63, 3.8) is 0 Å². The summed E-state index contributed by atoms with van der Waals surface area (Å²) in [6.45, 7) is 3.14. The fraction of sp³-hybridized carbons (Fsp3) is 0.469. The molecule has 0 radical (unpaired) electrons. The van der Waals surface area contributed by atoms with Crippen molar-refractivity contribution >= 4 is 64.1 Å². The van der Waals surface area contributed by atoms with Gasteiger partial charge in [-0.15, -0.1) is 0 Å². The summed E-state index contributed by atoms with van der Waals surface area (Å²) in [5.41, 5.74) is 13.8. The summed E-state index contributed by atoms with van der Waals surface area (Å²) < 4.78 is 0. The number of guanidine groups is 1. The average molecular weight is 1010 g/mol. The van der Waals surface area contributed by atoms with Gasteiger partial charge >= 0.3 is 0 Å². The number of hydrogen-bond donors (Lipinski definition) is 15. The number of aromatic amines is 2. The van der Waals surface area contributed by atoms with Crippen LogP contribution in [0.25, 0.3) is 10.9 Å². The van der Waals surface area contributed by atoms with Crippen molar-refractivity contribution < 1.29 is 43.5 Å². The molecule has 394 valence electrons. The third-order valence-electron chi connectivity index (χ3n) is 12.3. The van der Waals surface area contributed by atoms with Crippen molar-refractivity contribution in [2.45, 2.75) is 133 Å². The van der Waals surface area contributed by atoms with Crippen LogP contribution in [0.3, 0.4) is 0 Å². The summed E-state index contributed by atoms with van der Waals surface area (Å²) in [6, 6.07) is 7.21. The third-order valence-corrected chi connectivity index (χ3v) is 12.3. The van der Waals surface area contributed by atoms with Crippen LogP contribution in [0.15, 0.2) is 73.3 Å². The Balaban J connectivity index is 1.51. The predicted molar refractivity (Wildman–Crippen MR) is 269 cm³/mol. The molecule has 73 heavy (non-hydrogen) atoms. The van der Waals surface area contributed by atoms with Crippen LogP contribution in [-0.4, -0.2) is 135 Å². The minimum atomic E-state index is -1.68. The van der Waals surface area contributed by atoms with Gasteiger partial charge in [-0.1, -0.05) is 68.3 Å². The second kappa shape index (κ2) is 28.2. The normalized spacial score (nSPS) is 21.3. The molecule has 2 aromatic heterocycles. The number of fused-ring (bicyclic) bond motifs is 1. The molecule has 8 amide bonds. The molecule has 0 saturated carbocycles. The van der Waals surface area contributed by atoms with Gasteiger partial charge < -0.3 is 69.1 Å². The quantitative estimate of drug-likeness (QED) is 0.0285. The molecule has 0 bridgehead atoms. The van der Waals surface area contributed by atoms with E-state index >= 15 is 0 Å². The molecule has 3 heterocycles. The van der Waals surface area contributed by atoms with E-state index in [9.17, 15) is 43.5 Å². The number of aliphatic hydroxyl groups is 1. The van der Waals surface area contributed by atoms with Gasteiger partial charge in [0.25, 0.3) is 0 Å². The third kappa shape index (κ3) is 18.0. The van der Waals surface area contributed by atoms with E-state index in [-0.39, 0.29) is 76.8 Å². The zero-order chi connectivity index (χ0) is 52.9. The molecule has 24 nitrogen and oxygen atoms in total. The summed E-state index contributed by atoms with van der Waals surface area (Å²) in [7, 11) is 0.